The predicted octanol–water partition coefficient (Wildman–Crippen LogP) is 1.54. The van der Waals surface area contributed by atoms with E-state index in [4.69, 9.17) is 0 Å². The minimum absolute atomic E-state index is 0.0435. The molecule has 0 aromatic heterocycles. The van der Waals surface area contributed by atoms with Crippen molar-refractivity contribution in [3.8, 4) is 5.75 Å². The van der Waals surface area contributed by atoms with Gasteiger partial charge in [-0.2, -0.15) is 0 Å². The van der Waals surface area contributed by atoms with Gasteiger partial charge < -0.3 is 20.4 Å². The van der Waals surface area contributed by atoms with Gasteiger partial charge in [0.05, 0.1) is 5.75 Å². The second kappa shape index (κ2) is 9.03. The molecular formula is C23H23N3O6S2. The minimum atomic E-state index is -1.22. The Hall–Kier alpha value is -2.92. The molecule has 1 aliphatic carbocycles. The summed E-state index contributed by atoms with van der Waals surface area (Å²) in [4.78, 5) is 53.8. The van der Waals surface area contributed by atoms with Gasteiger partial charge in [-0.05, 0) is 55.2 Å². The molecule has 4 aliphatic rings. The molecule has 2 saturated heterocycles. The summed E-state index contributed by atoms with van der Waals surface area (Å²) in [6.45, 7) is 0.652. The smallest absolute Gasteiger partial charge is 0.352 e. The lowest BCUT2D eigenvalue weighted by Gasteiger charge is -2.49. The quantitative estimate of drug-likeness (QED) is 0.292. The number of phenolic OH excluding ortho intramolecular Hbond substituents is 1. The fourth-order valence-corrected chi connectivity index (χ4v) is 6.39. The highest BCUT2D eigenvalue weighted by molar-refractivity contribution is 8.00. The number of carboxylic acid groups (broad SMARTS) is 1. The molecule has 1 aromatic rings. The normalized spacial score (nSPS) is 25.5. The molecule has 0 radical (unpaired) electrons. The van der Waals surface area contributed by atoms with Crippen molar-refractivity contribution in [1.29, 1.82) is 0 Å². The molecule has 3 aliphatic heterocycles. The molecule has 0 bridgehead atoms. The highest BCUT2D eigenvalue weighted by Crippen LogP contribution is 2.42. The number of aliphatic carboxylic acids is 1. The van der Waals surface area contributed by atoms with Crippen LogP contribution in [0.25, 0.3) is 0 Å². The van der Waals surface area contributed by atoms with Crippen molar-refractivity contribution in [2.45, 2.75) is 41.6 Å². The summed E-state index contributed by atoms with van der Waals surface area (Å²) in [6.07, 6.45) is 4.25. The third kappa shape index (κ3) is 4.29. The van der Waals surface area contributed by atoms with E-state index in [0.717, 1.165) is 17.7 Å². The number of rotatable bonds is 7. The van der Waals surface area contributed by atoms with Crippen LogP contribution in [0, 0.1) is 0 Å². The summed E-state index contributed by atoms with van der Waals surface area (Å²) < 4.78 is 0. The Morgan fingerprint density at radius 3 is 2.62 bits per heavy atom. The third-order valence-electron chi connectivity index (χ3n) is 6.22. The van der Waals surface area contributed by atoms with E-state index in [1.54, 1.807) is 18.2 Å². The van der Waals surface area contributed by atoms with Crippen LogP contribution in [0.4, 0.5) is 0 Å². The predicted molar refractivity (Wildman–Crippen MR) is 126 cm³/mol. The molecule has 3 fully saturated rings. The van der Waals surface area contributed by atoms with Crippen molar-refractivity contribution < 1.29 is 29.4 Å². The molecular weight excluding hydrogens is 478 g/mol. The highest BCUT2D eigenvalue weighted by atomic mass is 32.2. The van der Waals surface area contributed by atoms with Gasteiger partial charge >= 0.3 is 5.97 Å². The van der Waals surface area contributed by atoms with E-state index in [1.807, 2.05) is 4.90 Å². The van der Waals surface area contributed by atoms with Crippen molar-refractivity contribution in [3.05, 3.63) is 47.2 Å². The summed E-state index contributed by atoms with van der Waals surface area (Å²) >= 11 is 2.65. The molecule has 178 valence electrons. The SMILES string of the molecule is O=C(CSc1ccc(O)cc1)N[C@@H]1C(=O)N2C(C(=O)O)=C(/C=C3\CCN(C4CC4)C3=O)CS[C@H]12. The maximum Gasteiger partial charge on any atom is 0.352 e. The molecule has 0 spiro atoms. The van der Waals surface area contributed by atoms with Gasteiger partial charge in [0.1, 0.15) is 22.9 Å². The summed E-state index contributed by atoms with van der Waals surface area (Å²) in [6, 6.07) is 5.96. The lowest BCUT2D eigenvalue weighted by molar-refractivity contribution is -0.150. The Bertz CT molecular complexity index is 1130. The van der Waals surface area contributed by atoms with E-state index in [0.29, 0.717) is 35.9 Å². The molecule has 1 saturated carbocycles. The first-order chi connectivity index (χ1) is 16.3. The first-order valence-electron chi connectivity index (χ1n) is 11.0. The summed E-state index contributed by atoms with van der Waals surface area (Å²) in [5, 5.41) is 21.4. The van der Waals surface area contributed by atoms with Crippen LogP contribution in [-0.4, -0.2) is 79.2 Å². The Morgan fingerprint density at radius 2 is 1.94 bits per heavy atom. The van der Waals surface area contributed by atoms with Crippen LogP contribution in [0.5, 0.6) is 5.75 Å². The molecule has 9 nitrogen and oxygen atoms in total. The number of hydrogen-bond acceptors (Lipinski definition) is 7. The van der Waals surface area contributed by atoms with Gasteiger partial charge in [-0.1, -0.05) is 0 Å². The second-order valence-corrected chi connectivity index (χ2v) is 10.7. The number of likely N-dealkylation sites (tertiary alicyclic amines) is 1. The van der Waals surface area contributed by atoms with Crippen molar-refractivity contribution in [2.75, 3.05) is 18.1 Å². The number of hydrogen-bond donors (Lipinski definition) is 3. The summed E-state index contributed by atoms with van der Waals surface area (Å²) in [7, 11) is 0. The molecule has 34 heavy (non-hydrogen) atoms. The number of phenols is 1. The largest absolute Gasteiger partial charge is 0.508 e. The van der Waals surface area contributed by atoms with E-state index in [-0.39, 0.29) is 29.0 Å². The number of amides is 3. The molecule has 3 N–H and O–H groups in total. The maximum atomic E-state index is 12.8. The van der Waals surface area contributed by atoms with E-state index < -0.39 is 23.3 Å². The van der Waals surface area contributed by atoms with Gasteiger partial charge in [-0.25, -0.2) is 4.79 Å². The zero-order valence-electron chi connectivity index (χ0n) is 18.1. The molecule has 0 unspecified atom stereocenters. The summed E-state index contributed by atoms with van der Waals surface area (Å²) in [5.41, 5.74) is 0.933. The fourth-order valence-electron chi connectivity index (χ4n) is 4.37. The third-order valence-corrected chi connectivity index (χ3v) is 8.53. The first-order valence-corrected chi connectivity index (χ1v) is 13.0. The average Bonchev–Trinajstić information content (AvgIpc) is 3.60. The van der Waals surface area contributed by atoms with Crippen molar-refractivity contribution >= 4 is 47.2 Å². The Morgan fingerprint density at radius 1 is 1.21 bits per heavy atom. The van der Waals surface area contributed by atoms with Gasteiger partial charge in [0, 0.05) is 28.8 Å². The van der Waals surface area contributed by atoms with Crippen LogP contribution in [-0.2, 0) is 19.2 Å². The van der Waals surface area contributed by atoms with E-state index in [1.165, 1.54) is 40.6 Å². The number of carboxylic acids is 1. The molecule has 11 heteroatoms. The number of allylic oxidation sites excluding steroid dienone is 1. The van der Waals surface area contributed by atoms with Crippen LogP contribution in [0.2, 0.25) is 0 Å². The van der Waals surface area contributed by atoms with Gasteiger partial charge in [0.15, 0.2) is 0 Å². The van der Waals surface area contributed by atoms with Crippen molar-refractivity contribution in [3.63, 3.8) is 0 Å². The lowest BCUT2D eigenvalue weighted by atomic mass is 10.0. The van der Waals surface area contributed by atoms with E-state index >= 15 is 0 Å². The average molecular weight is 502 g/mol. The van der Waals surface area contributed by atoms with Crippen LogP contribution < -0.4 is 5.32 Å². The van der Waals surface area contributed by atoms with Crippen LogP contribution in [0.3, 0.4) is 0 Å². The van der Waals surface area contributed by atoms with Crippen LogP contribution >= 0.6 is 23.5 Å². The Kier molecular flexibility index (Phi) is 6.07. The number of aromatic hydroxyl groups is 1. The van der Waals surface area contributed by atoms with Gasteiger partial charge in [-0.3, -0.25) is 19.3 Å². The molecule has 1 aromatic carbocycles. The number of fused-ring (bicyclic) bond motifs is 1. The first kappa shape index (κ1) is 22.9. The highest BCUT2D eigenvalue weighted by Gasteiger charge is 2.54. The second-order valence-electron chi connectivity index (χ2n) is 8.57. The maximum absolute atomic E-state index is 12.8. The number of β-lactam (4-membered cyclic amide) rings is 1. The Balaban J connectivity index is 1.25. The monoisotopic (exact) mass is 501 g/mol. The summed E-state index contributed by atoms with van der Waals surface area (Å²) in [5.74, 6) is -1.50. The number of nitrogens with zero attached hydrogens (tertiary/aromatic N) is 2. The topological polar surface area (TPSA) is 127 Å². The molecule has 3 amide bonds. The van der Waals surface area contributed by atoms with Gasteiger partial charge in [0.25, 0.3) is 5.91 Å². The minimum Gasteiger partial charge on any atom is -0.508 e. The number of benzene rings is 1. The number of carbonyl (C=O) groups excluding carboxylic acids is 3. The van der Waals surface area contributed by atoms with Crippen LogP contribution in [0.15, 0.2) is 52.1 Å². The fraction of sp³-hybridized carbons (Fsp3) is 0.391. The molecule has 3 heterocycles. The van der Waals surface area contributed by atoms with Gasteiger partial charge in [-0.15, -0.1) is 23.5 Å². The molecule has 2 atom stereocenters. The van der Waals surface area contributed by atoms with E-state index in [2.05, 4.69) is 5.32 Å². The standard InChI is InChI=1S/C23H23N3O6S2/c27-15-3-5-16(6-4-15)33-11-17(28)24-18-21(30)26-19(23(31)32)13(10-34-22(18)26)9-12-7-8-25(20(12)29)14-1-2-14/h3-6,9,14,18,22,27H,1-2,7-8,10-11H2,(H,24,28)(H,31,32)/b12-9+/t18-,22-/m1/s1. The van der Waals surface area contributed by atoms with Crippen LogP contribution in [0.1, 0.15) is 19.3 Å². The zero-order chi connectivity index (χ0) is 24.0. The zero-order valence-corrected chi connectivity index (χ0v) is 19.7. The van der Waals surface area contributed by atoms with Crippen molar-refractivity contribution in [1.82, 2.24) is 15.1 Å². The van der Waals surface area contributed by atoms with Crippen molar-refractivity contribution in [2.24, 2.45) is 0 Å². The lowest BCUT2D eigenvalue weighted by Crippen LogP contribution is -2.70. The number of carbonyl (C=O) groups is 4. The Labute approximate surface area is 204 Å². The van der Waals surface area contributed by atoms with E-state index in [9.17, 15) is 29.4 Å². The molecule has 5 rings (SSSR count). The number of nitrogens with one attached hydrogen (secondary N) is 1. The van der Waals surface area contributed by atoms with Gasteiger partial charge in [0.2, 0.25) is 11.8 Å². The number of thioether (sulfide) groups is 2.